The molecule has 1 saturated heterocycles. The number of fused-ring (bicyclic) bond motifs is 2. The first-order valence-electron chi connectivity index (χ1n) is 14.0. The number of epoxide rings is 1. The summed E-state index contributed by atoms with van der Waals surface area (Å²) in [5.74, 6) is -2.32. The molecule has 2 saturated carbocycles. The average molecular weight is 551 g/mol. The molecule has 39 heavy (non-hydrogen) atoms. The van der Waals surface area contributed by atoms with E-state index in [1.807, 2.05) is 6.92 Å². The molecule has 0 radical (unpaired) electrons. The molecule has 3 fully saturated rings. The molecule has 1 spiro atoms. The molecule has 2 aliphatic heterocycles. The van der Waals surface area contributed by atoms with E-state index < -0.39 is 52.7 Å². The van der Waals surface area contributed by atoms with Crippen molar-refractivity contribution in [3.8, 4) is 0 Å². The summed E-state index contributed by atoms with van der Waals surface area (Å²) in [6.07, 6.45) is 1.68. The van der Waals surface area contributed by atoms with Gasteiger partial charge in [-0.1, -0.05) is 27.7 Å². The largest absolute Gasteiger partial charge is 0.465 e. The number of cyclic esters (lactones) is 1. The highest BCUT2D eigenvalue weighted by Gasteiger charge is 2.78. The quantitative estimate of drug-likeness (QED) is 0.259. The van der Waals surface area contributed by atoms with Crippen molar-refractivity contribution in [2.24, 2.45) is 28.6 Å². The fraction of sp³-hybridized carbons (Fsp3) is 0.793. The Labute approximate surface area is 229 Å². The van der Waals surface area contributed by atoms with E-state index >= 15 is 0 Å². The number of ether oxygens (including phenoxy) is 5. The van der Waals surface area contributed by atoms with Gasteiger partial charge in [0.15, 0.2) is 0 Å². The van der Waals surface area contributed by atoms with Crippen LogP contribution in [0.2, 0.25) is 0 Å². The molecule has 2 aliphatic carbocycles. The fourth-order valence-corrected chi connectivity index (χ4v) is 7.40. The first kappa shape index (κ1) is 29.5. The van der Waals surface area contributed by atoms with Crippen molar-refractivity contribution < 1.29 is 48.0 Å². The Morgan fingerprint density at radius 3 is 2.44 bits per heavy atom. The van der Waals surface area contributed by atoms with Crippen molar-refractivity contribution in [2.45, 2.75) is 97.6 Å². The van der Waals surface area contributed by atoms with E-state index in [9.17, 15) is 24.3 Å². The van der Waals surface area contributed by atoms with Crippen molar-refractivity contribution >= 4 is 23.9 Å². The third-order valence-electron chi connectivity index (χ3n) is 10.0. The highest BCUT2D eigenvalue weighted by atomic mass is 16.6. The van der Waals surface area contributed by atoms with Crippen molar-refractivity contribution in [1.29, 1.82) is 0 Å². The molecule has 10 heteroatoms. The van der Waals surface area contributed by atoms with Crippen LogP contribution >= 0.6 is 0 Å². The van der Waals surface area contributed by atoms with Crippen molar-refractivity contribution in [1.82, 2.24) is 0 Å². The summed E-state index contributed by atoms with van der Waals surface area (Å²) in [6.45, 7) is 10.8. The van der Waals surface area contributed by atoms with E-state index in [4.69, 9.17) is 23.7 Å². The summed E-state index contributed by atoms with van der Waals surface area (Å²) in [6, 6.07) is 0. The van der Waals surface area contributed by atoms with Crippen molar-refractivity contribution in [3.05, 3.63) is 11.6 Å². The Morgan fingerprint density at radius 1 is 1.21 bits per heavy atom. The van der Waals surface area contributed by atoms with Gasteiger partial charge >= 0.3 is 23.9 Å². The molecule has 4 rings (SSSR count). The minimum absolute atomic E-state index is 0.0215. The number of carbonyl (C=O) groups excluding carboxylic acids is 4. The first-order chi connectivity index (χ1) is 18.3. The average Bonchev–Trinajstić information content (AvgIpc) is 3.56. The number of carbonyl (C=O) groups is 4. The molecule has 0 bridgehead atoms. The summed E-state index contributed by atoms with van der Waals surface area (Å²) >= 11 is 0. The molecular formula is C29H42O10. The molecule has 0 aromatic carbocycles. The fourth-order valence-electron chi connectivity index (χ4n) is 7.40. The molecule has 10 nitrogen and oxygen atoms in total. The third-order valence-corrected chi connectivity index (χ3v) is 10.0. The molecule has 1 N–H and O–H groups in total. The van der Waals surface area contributed by atoms with Crippen molar-refractivity contribution in [3.63, 3.8) is 0 Å². The van der Waals surface area contributed by atoms with Crippen LogP contribution < -0.4 is 0 Å². The van der Waals surface area contributed by atoms with E-state index in [2.05, 4.69) is 13.8 Å². The lowest BCUT2D eigenvalue weighted by molar-refractivity contribution is -0.248. The SMILES string of the molecule is CC[C@H](C)C(=O)O[C@@H](C[C@@]1(C)[C@H](C)C[C@H](OC(C)=O)[C@]2(COC(C)=O)[C@@H]1CC[C@@H](O)[C@]21CO1)C1=CC(=O)OC1. The lowest BCUT2D eigenvalue weighted by Gasteiger charge is -2.64. The van der Waals surface area contributed by atoms with Crippen LogP contribution in [0.4, 0.5) is 0 Å². The predicted molar refractivity (Wildman–Crippen MR) is 137 cm³/mol. The number of aliphatic hydroxyl groups excluding tert-OH is 1. The maximum absolute atomic E-state index is 13.0. The zero-order valence-corrected chi connectivity index (χ0v) is 23.8. The van der Waals surface area contributed by atoms with E-state index in [-0.39, 0.29) is 43.5 Å². The van der Waals surface area contributed by atoms with Gasteiger partial charge in [0.05, 0.1) is 24.0 Å². The second-order valence-electron chi connectivity index (χ2n) is 12.2. The molecule has 4 aliphatic rings. The van der Waals surface area contributed by atoms with Crippen molar-refractivity contribution in [2.75, 3.05) is 19.8 Å². The number of hydrogen-bond acceptors (Lipinski definition) is 10. The molecule has 0 unspecified atom stereocenters. The van der Waals surface area contributed by atoms with Gasteiger partial charge in [-0.05, 0) is 49.4 Å². The number of hydrogen-bond donors (Lipinski definition) is 1. The van der Waals surface area contributed by atoms with Crippen LogP contribution in [0.1, 0.15) is 73.6 Å². The Morgan fingerprint density at radius 2 is 1.90 bits per heavy atom. The highest BCUT2D eigenvalue weighted by Crippen LogP contribution is 2.69. The summed E-state index contributed by atoms with van der Waals surface area (Å²) in [4.78, 5) is 49.3. The lowest BCUT2D eigenvalue weighted by atomic mass is 9.42. The maximum atomic E-state index is 13.0. The summed E-state index contributed by atoms with van der Waals surface area (Å²) < 4.78 is 28.8. The van der Waals surface area contributed by atoms with Gasteiger partial charge in [-0.2, -0.15) is 0 Å². The Balaban J connectivity index is 1.79. The Bertz CT molecular complexity index is 1030. The molecule has 0 aromatic heterocycles. The highest BCUT2D eigenvalue weighted by molar-refractivity contribution is 5.85. The van der Waals surface area contributed by atoms with Gasteiger partial charge in [-0.15, -0.1) is 0 Å². The minimum atomic E-state index is -1.03. The zero-order chi connectivity index (χ0) is 28.8. The number of aliphatic hydroxyl groups is 1. The van der Waals surface area contributed by atoms with Gasteiger partial charge in [-0.25, -0.2) is 4.79 Å². The smallest absolute Gasteiger partial charge is 0.331 e. The van der Waals surface area contributed by atoms with E-state index in [1.165, 1.54) is 19.9 Å². The van der Waals surface area contributed by atoms with Crippen LogP contribution in [0.5, 0.6) is 0 Å². The maximum Gasteiger partial charge on any atom is 0.331 e. The van der Waals surface area contributed by atoms with Crippen LogP contribution in [0.25, 0.3) is 0 Å². The first-order valence-corrected chi connectivity index (χ1v) is 14.0. The molecule has 9 atom stereocenters. The topological polar surface area (TPSA) is 138 Å². The monoisotopic (exact) mass is 550 g/mol. The molecular weight excluding hydrogens is 508 g/mol. The van der Waals surface area contributed by atoms with E-state index in [0.717, 1.165) is 0 Å². The van der Waals surface area contributed by atoms with E-state index in [1.54, 1.807) is 6.92 Å². The van der Waals surface area contributed by atoms with Gasteiger partial charge in [0.1, 0.15) is 31.0 Å². The van der Waals surface area contributed by atoms with Gasteiger partial charge in [-0.3, -0.25) is 14.4 Å². The van der Waals surface area contributed by atoms with E-state index in [0.29, 0.717) is 37.7 Å². The van der Waals surface area contributed by atoms with Crippen LogP contribution in [-0.2, 0) is 42.9 Å². The zero-order valence-electron chi connectivity index (χ0n) is 23.8. The number of rotatable bonds is 9. The predicted octanol–water partition coefficient (Wildman–Crippen LogP) is 2.88. The molecule has 2 heterocycles. The third kappa shape index (κ3) is 5.10. The summed E-state index contributed by atoms with van der Waals surface area (Å²) in [5.41, 5.74) is -1.97. The second kappa shape index (κ2) is 10.8. The molecule has 218 valence electrons. The molecule has 0 aromatic rings. The lowest BCUT2D eigenvalue weighted by Crippen LogP contribution is -2.70. The molecule has 0 amide bonds. The van der Waals surface area contributed by atoms with Crippen LogP contribution in [0, 0.1) is 28.6 Å². The van der Waals surface area contributed by atoms with Gasteiger partial charge in [0.25, 0.3) is 0 Å². The summed E-state index contributed by atoms with van der Waals surface area (Å²) in [5, 5.41) is 11.2. The Kier molecular flexibility index (Phi) is 8.21. The van der Waals surface area contributed by atoms with Crippen LogP contribution in [0.3, 0.4) is 0 Å². The summed E-state index contributed by atoms with van der Waals surface area (Å²) in [7, 11) is 0. The van der Waals surface area contributed by atoms with Gasteiger partial charge < -0.3 is 28.8 Å². The normalized spacial score (nSPS) is 38.6. The van der Waals surface area contributed by atoms with Crippen LogP contribution in [-0.4, -0.2) is 72.7 Å². The second-order valence-corrected chi connectivity index (χ2v) is 12.2. The van der Waals surface area contributed by atoms with Gasteiger partial charge in [0, 0.05) is 25.5 Å². The number of esters is 4. The minimum Gasteiger partial charge on any atom is -0.465 e. The standard InChI is InChI=1S/C29H42O10/c1-7-16(2)26(34)39-21(20-11-25(33)35-13-20)12-27(6)17(3)10-24(38-19(5)31)28(14-36-18(4)30)22(27)8-9-23(32)29(28)15-37-29/h11,16-17,21-24,32H,7-10,12-15H2,1-6H3/t16-,17+,21-,22+,23+,24-,27-,28-,29+/m0/s1. The Hall–Kier alpha value is -2.46. The van der Waals surface area contributed by atoms with Crippen LogP contribution in [0.15, 0.2) is 11.6 Å². The van der Waals surface area contributed by atoms with Gasteiger partial charge in [0.2, 0.25) is 0 Å².